The Balaban J connectivity index is 1.89. The Morgan fingerprint density at radius 2 is 2.00 bits per heavy atom. The van der Waals surface area contributed by atoms with E-state index >= 15 is 0 Å². The number of nitrogens with zero attached hydrogens (tertiary/aromatic N) is 2. The minimum absolute atomic E-state index is 0.340. The molecule has 1 fully saturated rings. The van der Waals surface area contributed by atoms with E-state index in [-0.39, 0.29) is 0 Å². The lowest BCUT2D eigenvalue weighted by Gasteiger charge is -2.30. The molecule has 17 heavy (non-hydrogen) atoms. The monoisotopic (exact) mass is 235 g/mol. The van der Waals surface area contributed by atoms with Crippen LogP contribution in [0.2, 0.25) is 0 Å². The lowest BCUT2D eigenvalue weighted by atomic mass is 9.84. The summed E-state index contributed by atoms with van der Waals surface area (Å²) in [4.78, 5) is 4.41. The summed E-state index contributed by atoms with van der Waals surface area (Å²) >= 11 is 0. The summed E-state index contributed by atoms with van der Waals surface area (Å²) in [7, 11) is 2.06. The Bertz CT molecular complexity index is 339. The van der Waals surface area contributed by atoms with Crippen LogP contribution in [0.5, 0.6) is 0 Å². The van der Waals surface area contributed by atoms with Crippen LogP contribution in [0.3, 0.4) is 0 Å². The molecular formula is C14H25N3. The Labute approximate surface area is 105 Å². The number of hydrogen-bond acceptors (Lipinski definition) is 2. The first-order valence-corrected chi connectivity index (χ1v) is 6.91. The van der Waals surface area contributed by atoms with Gasteiger partial charge in [-0.15, -0.1) is 0 Å². The van der Waals surface area contributed by atoms with Crippen molar-refractivity contribution in [1.29, 1.82) is 0 Å². The maximum absolute atomic E-state index is 4.41. The minimum atomic E-state index is 0.340. The minimum Gasteiger partial charge on any atom is -0.337 e. The topological polar surface area (TPSA) is 29.9 Å². The highest BCUT2D eigenvalue weighted by Crippen LogP contribution is 2.27. The molecule has 1 N–H and O–H groups in total. The third-order valence-electron chi connectivity index (χ3n) is 4.12. The van der Waals surface area contributed by atoms with Gasteiger partial charge in [-0.1, -0.05) is 19.3 Å². The van der Waals surface area contributed by atoms with Gasteiger partial charge in [-0.05, 0) is 32.6 Å². The number of imidazole rings is 1. The van der Waals surface area contributed by atoms with E-state index in [9.17, 15) is 0 Å². The van der Waals surface area contributed by atoms with Crippen LogP contribution in [0.15, 0.2) is 12.4 Å². The molecule has 2 atom stereocenters. The number of nitrogens with one attached hydrogen (secondary N) is 1. The van der Waals surface area contributed by atoms with Gasteiger partial charge in [0.2, 0.25) is 0 Å². The van der Waals surface area contributed by atoms with E-state index in [2.05, 4.69) is 35.8 Å². The van der Waals surface area contributed by atoms with Gasteiger partial charge >= 0.3 is 0 Å². The average molecular weight is 235 g/mol. The number of aromatic nitrogens is 2. The van der Waals surface area contributed by atoms with E-state index in [4.69, 9.17) is 0 Å². The molecular weight excluding hydrogens is 210 g/mol. The molecule has 0 aromatic carbocycles. The summed E-state index contributed by atoms with van der Waals surface area (Å²) in [6, 6.07) is 0.939. The molecule has 3 nitrogen and oxygen atoms in total. The van der Waals surface area contributed by atoms with Crippen molar-refractivity contribution in [2.24, 2.45) is 13.0 Å². The molecule has 0 radical (unpaired) electrons. The van der Waals surface area contributed by atoms with Crippen molar-refractivity contribution in [2.75, 3.05) is 0 Å². The second kappa shape index (κ2) is 5.67. The van der Waals surface area contributed by atoms with Gasteiger partial charge in [0.05, 0.1) is 6.04 Å². The van der Waals surface area contributed by atoms with Gasteiger partial charge in [0, 0.05) is 25.5 Å². The van der Waals surface area contributed by atoms with Crippen LogP contribution < -0.4 is 5.32 Å². The van der Waals surface area contributed by atoms with Crippen molar-refractivity contribution < 1.29 is 0 Å². The zero-order valence-corrected chi connectivity index (χ0v) is 11.3. The van der Waals surface area contributed by atoms with Gasteiger partial charge in [0.25, 0.3) is 0 Å². The molecule has 3 heteroatoms. The summed E-state index contributed by atoms with van der Waals surface area (Å²) in [6.45, 7) is 4.54. The van der Waals surface area contributed by atoms with E-state index in [1.165, 1.54) is 32.1 Å². The molecule has 96 valence electrons. The van der Waals surface area contributed by atoms with Crippen LogP contribution in [0, 0.1) is 5.92 Å². The van der Waals surface area contributed by atoms with Gasteiger partial charge in [0.1, 0.15) is 5.82 Å². The van der Waals surface area contributed by atoms with E-state index in [1.807, 2.05) is 12.4 Å². The zero-order chi connectivity index (χ0) is 12.3. The maximum atomic E-state index is 4.41. The van der Waals surface area contributed by atoms with Crippen molar-refractivity contribution >= 4 is 0 Å². The first-order valence-electron chi connectivity index (χ1n) is 6.91. The number of hydrogen-bond donors (Lipinski definition) is 1. The van der Waals surface area contributed by atoms with Crippen molar-refractivity contribution in [2.45, 2.75) is 58.0 Å². The zero-order valence-electron chi connectivity index (χ0n) is 11.3. The van der Waals surface area contributed by atoms with Crippen molar-refractivity contribution in [3.63, 3.8) is 0 Å². The summed E-state index contributed by atoms with van der Waals surface area (Å²) in [6.07, 6.45) is 10.9. The Morgan fingerprint density at radius 1 is 1.29 bits per heavy atom. The SMILES string of the molecule is CC(N[C@@H](C)C1CCCCC1)c1nccn1C. The molecule has 0 aliphatic heterocycles. The molecule has 1 aromatic rings. The highest BCUT2D eigenvalue weighted by Gasteiger charge is 2.22. The summed E-state index contributed by atoms with van der Waals surface area (Å²) in [5.74, 6) is 1.99. The lowest BCUT2D eigenvalue weighted by Crippen LogP contribution is -2.37. The van der Waals surface area contributed by atoms with Gasteiger partial charge in [-0.2, -0.15) is 0 Å². The second-order valence-corrected chi connectivity index (χ2v) is 5.47. The first kappa shape index (κ1) is 12.6. The fraction of sp³-hybridized carbons (Fsp3) is 0.786. The van der Waals surface area contributed by atoms with Crippen LogP contribution in [-0.4, -0.2) is 15.6 Å². The van der Waals surface area contributed by atoms with Gasteiger partial charge in [0.15, 0.2) is 0 Å². The van der Waals surface area contributed by atoms with Crippen LogP contribution in [-0.2, 0) is 7.05 Å². The van der Waals surface area contributed by atoms with Crippen LogP contribution in [0.1, 0.15) is 57.8 Å². The molecule has 0 amide bonds. The van der Waals surface area contributed by atoms with Gasteiger partial charge in [-0.25, -0.2) is 4.98 Å². The molecule has 1 unspecified atom stereocenters. The Hall–Kier alpha value is -0.830. The van der Waals surface area contributed by atoms with E-state index in [1.54, 1.807) is 0 Å². The van der Waals surface area contributed by atoms with Crippen molar-refractivity contribution in [3.05, 3.63) is 18.2 Å². The number of rotatable bonds is 4. The van der Waals surface area contributed by atoms with Crippen LogP contribution in [0.25, 0.3) is 0 Å². The highest BCUT2D eigenvalue weighted by atomic mass is 15.1. The first-order chi connectivity index (χ1) is 8.18. The fourth-order valence-electron chi connectivity index (χ4n) is 3.03. The summed E-state index contributed by atoms with van der Waals surface area (Å²) in [5, 5.41) is 3.71. The molecule has 1 aliphatic carbocycles. The molecule has 2 rings (SSSR count). The maximum Gasteiger partial charge on any atom is 0.125 e. The van der Waals surface area contributed by atoms with Crippen molar-refractivity contribution in [1.82, 2.24) is 14.9 Å². The van der Waals surface area contributed by atoms with Gasteiger partial charge < -0.3 is 9.88 Å². The molecule has 1 aliphatic rings. The molecule has 0 saturated heterocycles. The molecule has 1 saturated carbocycles. The molecule has 1 heterocycles. The second-order valence-electron chi connectivity index (χ2n) is 5.47. The largest absolute Gasteiger partial charge is 0.337 e. The highest BCUT2D eigenvalue weighted by molar-refractivity contribution is 4.98. The Morgan fingerprint density at radius 3 is 2.59 bits per heavy atom. The average Bonchev–Trinajstić information content (AvgIpc) is 2.76. The molecule has 1 aromatic heterocycles. The van der Waals surface area contributed by atoms with Gasteiger partial charge in [-0.3, -0.25) is 0 Å². The van der Waals surface area contributed by atoms with E-state index < -0.39 is 0 Å². The van der Waals surface area contributed by atoms with Crippen LogP contribution in [0.4, 0.5) is 0 Å². The molecule has 0 spiro atoms. The van der Waals surface area contributed by atoms with E-state index in [0.717, 1.165) is 11.7 Å². The third-order valence-corrected chi connectivity index (χ3v) is 4.12. The fourth-order valence-corrected chi connectivity index (χ4v) is 3.03. The standard InChI is InChI=1S/C14H25N3/c1-11(13-7-5-4-6-8-13)16-12(2)14-15-9-10-17(14)3/h9-13,16H,4-8H2,1-3H3/t11-,12?/m0/s1. The smallest absolute Gasteiger partial charge is 0.125 e. The predicted molar refractivity (Wildman–Crippen MR) is 70.8 cm³/mol. The molecule has 0 bridgehead atoms. The normalized spacial score (nSPS) is 21.4. The Kier molecular flexibility index (Phi) is 4.21. The van der Waals surface area contributed by atoms with E-state index in [0.29, 0.717) is 12.1 Å². The third kappa shape index (κ3) is 3.09. The van der Waals surface area contributed by atoms with Crippen molar-refractivity contribution in [3.8, 4) is 0 Å². The quantitative estimate of drug-likeness (QED) is 0.869. The predicted octanol–water partition coefficient (Wildman–Crippen LogP) is 3.04. The lowest BCUT2D eigenvalue weighted by molar-refractivity contribution is 0.265. The van der Waals surface area contributed by atoms with Crippen LogP contribution >= 0.6 is 0 Å². The summed E-state index contributed by atoms with van der Waals surface area (Å²) in [5.41, 5.74) is 0. The number of aryl methyl sites for hydroxylation is 1. The summed E-state index contributed by atoms with van der Waals surface area (Å²) < 4.78 is 2.10.